The molecule has 0 saturated heterocycles. The van der Waals surface area contributed by atoms with Gasteiger partial charge in [-0.1, -0.05) is 39.0 Å². The van der Waals surface area contributed by atoms with Crippen LogP contribution < -0.4 is 0 Å². The number of carbonyl (C=O) groups excluding carboxylic acids is 1. The quantitative estimate of drug-likeness (QED) is 0.718. The van der Waals surface area contributed by atoms with Crippen molar-refractivity contribution in [2.24, 2.45) is 23.2 Å². The third-order valence-electron chi connectivity index (χ3n) is 5.21. The molecular formula is C16H26O2S2. The zero-order chi connectivity index (χ0) is 14.9. The van der Waals surface area contributed by atoms with E-state index < -0.39 is 0 Å². The fraction of sp³-hybridized carbons (Fsp3) is 0.875. The predicted octanol–water partition coefficient (Wildman–Crippen LogP) is 4.46. The minimum absolute atomic E-state index is 0.118. The second kappa shape index (κ2) is 6.35. The Hall–Kier alpha value is -0.0900. The van der Waals surface area contributed by atoms with E-state index in [-0.39, 0.29) is 5.41 Å². The molecule has 0 aromatic heterocycles. The van der Waals surface area contributed by atoms with Gasteiger partial charge in [-0.3, -0.25) is 4.79 Å². The highest BCUT2D eigenvalue weighted by atomic mass is 32.2. The number of hydrogen-bond acceptors (Lipinski definition) is 4. The smallest absolute Gasteiger partial charge is 0.220 e. The molecule has 2 rings (SSSR count). The first-order valence-electron chi connectivity index (χ1n) is 7.76. The summed E-state index contributed by atoms with van der Waals surface area (Å²) >= 11 is 7.02. The van der Waals surface area contributed by atoms with E-state index in [9.17, 15) is 4.79 Å². The van der Waals surface area contributed by atoms with Gasteiger partial charge in [0, 0.05) is 17.1 Å². The van der Waals surface area contributed by atoms with Gasteiger partial charge in [0.1, 0.15) is 5.78 Å². The fourth-order valence-electron chi connectivity index (χ4n) is 4.13. The third-order valence-corrected chi connectivity index (χ3v) is 6.75. The monoisotopic (exact) mass is 314 g/mol. The van der Waals surface area contributed by atoms with Crippen molar-refractivity contribution in [2.45, 2.75) is 58.6 Å². The van der Waals surface area contributed by atoms with E-state index in [1.165, 1.54) is 0 Å². The van der Waals surface area contributed by atoms with E-state index in [0.29, 0.717) is 39.8 Å². The number of ether oxygens (including phenoxy) is 1. The molecule has 20 heavy (non-hydrogen) atoms. The lowest BCUT2D eigenvalue weighted by atomic mass is 9.65. The molecule has 2 nitrogen and oxygen atoms in total. The van der Waals surface area contributed by atoms with Crippen molar-refractivity contribution >= 4 is 34.1 Å². The SMILES string of the molecule is CCOC(=S)SC1CCC[C@@]2(C)C(=O)CC(C(C)C)[C@@H]12. The normalized spacial score (nSPS) is 37.0. The zero-order valence-electron chi connectivity index (χ0n) is 13.0. The van der Waals surface area contributed by atoms with Crippen molar-refractivity contribution in [3.05, 3.63) is 0 Å². The second-order valence-electron chi connectivity index (χ2n) is 6.71. The van der Waals surface area contributed by atoms with E-state index in [1.54, 1.807) is 11.8 Å². The van der Waals surface area contributed by atoms with Crippen LogP contribution in [0.3, 0.4) is 0 Å². The summed E-state index contributed by atoms with van der Waals surface area (Å²) in [6.07, 6.45) is 4.11. The number of Topliss-reactive ketones (excluding diaryl/α,β-unsaturated/α-hetero) is 1. The Bertz CT molecular complexity index is 394. The summed E-state index contributed by atoms with van der Waals surface area (Å²) in [4.78, 5) is 12.5. The lowest BCUT2D eigenvalue weighted by Gasteiger charge is -2.43. The summed E-state index contributed by atoms with van der Waals surface area (Å²) in [6.45, 7) is 9.29. The maximum atomic E-state index is 12.5. The van der Waals surface area contributed by atoms with Crippen molar-refractivity contribution in [1.82, 2.24) is 0 Å². The van der Waals surface area contributed by atoms with Crippen LogP contribution in [-0.2, 0) is 9.53 Å². The second-order valence-corrected chi connectivity index (χ2v) is 8.55. The van der Waals surface area contributed by atoms with Gasteiger partial charge in [0.15, 0.2) is 0 Å². The van der Waals surface area contributed by atoms with Crippen LogP contribution >= 0.6 is 24.0 Å². The summed E-state index contributed by atoms with van der Waals surface area (Å²) in [5, 5.41) is 0.451. The first kappa shape index (κ1) is 16.3. The molecule has 0 aromatic rings. The number of fused-ring (bicyclic) bond motifs is 1. The minimum Gasteiger partial charge on any atom is -0.479 e. The van der Waals surface area contributed by atoms with Gasteiger partial charge in [-0.05, 0) is 49.7 Å². The third kappa shape index (κ3) is 2.92. The number of ketones is 1. The van der Waals surface area contributed by atoms with Gasteiger partial charge >= 0.3 is 0 Å². The highest BCUT2D eigenvalue weighted by molar-refractivity contribution is 8.23. The summed E-state index contributed by atoms with van der Waals surface area (Å²) in [5.41, 5.74) is -0.118. The predicted molar refractivity (Wildman–Crippen MR) is 89.0 cm³/mol. The first-order valence-corrected chi connectivity index (χ1v) is 9.05. The number of thioether (sulfide) groups is 1. The van der Waals surface area contributed by atoms with Crippen LogP contribution in [0.4, 0.5) is 0 Å². The van der Waals surface area contributed by atoms with Crippen molar-refractivity contribution in [3.63, 3.8) is 0 Å². The summed E-state index contributed by atoms with van der Waals surface area (Å²) < 4.78 is 6.11. The molecule has 0 amide bonds. The average molecular weight is 315 g/mol. The summed E-state index contributed by atoms with van der Waals surface area (Å²) in [7, 11) is 0. The molecule has 4 heteroatoms. The topological polar surface area (TPSA) is 26.3 Å². The molecule has 0 spiro atoms. The molecule has 2 aliphatic carbocycles. The van der Waals surface area contributed by atoms with Gasteiger partial charge in [-0.25, -0.2) is 0 Å². The van der Waals surface area contributed by atoms with Gasteiger partial charge in [0.2, 0.25) is 4.38 Å². The standard InChI is InChI=1S/C16H26O2S2/c1-5-18-15(19)20-12-7-6-8-16(4)13(17)9-11(10(2)3)14(12)16/h10-12,14H,5-9H2,1-4H3/t11?,12?,14-,16-/m0/s1. The Balaban J connectivity index is 2.20. The first-order chi connectivity index (χ1) is 9.40. The number of carbonyl (C=O) groups is 1. The summed E-state index contributed by atoms with van der Waals surface area (Å²) in [6, 6.07) is 0. The molecule has 0 bridgehead atoms. The van der Waals surface area contributed by atoms with Crippen LogP contribution in [0, 0.1) is 23.2 Å². The molecule has 2 unspecified atom stereocenters. The Morgan fingerprint density at radius 2 is 2.25 bits per heavy atom. The molecule has 0 radical (unpaired) electrons. The minimum atomic E-state index is -0.118. The van der Waals surface area contributed by atoms with Crippen molar-refractivity contribution in [2.75, 3.05) is 6.61 Å². The van der Waals surface area contributed by atoms with Crippen molar-refractivity contribution in [1.29, 1.82) is 0 Å². The lowest BCUT2D eigenvalue weighted by molar-refractivity contribution is -0.127. The Morgan fingerprint density at radius 1 is 1.55 bits per heavy atom. The van der Waals surface area contributed by atoms with E-state index >= 15 is 0 Å². The average Bonchev–Trinajstić information content (AvgIpc) is 2.63. The van der Waals surface area contributed by atoms with Crippen molar-refractivity contribution in [3.8, 4) is 0 Å². The molecule has 4 atom stereocenters. The van der Waals surface area contributed by atoms with Gasteiger partial charge < -0.3 is 4.74 Å². The number of hydrogen-bond donors (Lipinski definition) is 0. The fourth-order valence-corrected chi connectivity index (χ4v) is 5.99. The van der Waals surface area contributed by atoms with E-state index in [2.05, 4.69) is 20.8 Å². The Morgan fingerprint density at radius 3 is 2.85 bits per heavy atom. The molecule has 0 aromatic carbocycles. The van der Waals surface area contributed by atoms with Crippen LogP contribution in [0.15, 0.2) is 0 Å². The highest BCUT2D eigenvalue weighted by Gasteiger charge is 2.56. The molecule has 114 valence electrons. The van der Waals surface area contributed by atoms with Crippen LogP contribution in [-0.4, -0.2) is 22.0 Å². The van der Waals surface area contributed by atoms with Crippen molar-refractivity contribution < 1.29 is 9.53 Å². The van der Waals surface area contributed by atoms with Crippen LogP contribution in [0.1, 0.15) is 53.4 Å². The molecule has 0 N–H and O–H groups in total. The summed E-state index contributed by atoms with van der Waals surface area (Å²) in [5.74, 6) is 2.02. The molecule has 2 fully saturated rings. The van der Waals surface area contributed by atoms with Gasteiger partial charge in [0.05, 0.1) is 6.61 Å². The van der Waals surface area contributed by atoms with Crippen LogP contribution in [0.25, 0.3) is 0 Å². The Labute approximate surface area is 132 Å². The zero-order valence-corrected chi connectivity index (χ0v) is 14.6. The molecule has 2 saturated carbocycles. The Kier molecular flexibility index (Phi) is 5.17. The van der Waals surface area contributed by atoms with E-state index in [4.69, 9.17) is 17.0 Å². The molecule has 0 aliphatic heterocycles. The molecule has 2 aliphatic rings. The van der Waals surface area contributed by atoms with Crippen LogP contribution in [0.5, 0.6) is 0 Å². The highest BCUT2D eigenvalue weighted by Crippen LogP contribution is 2.57. The maximum Gasteiger partial charge on any atom is 0.220 e. The maximum absolute atomic E-state index is 12.5. The molecular weight excluding hydrogens is 288 g/mol. The number of rotatable bonds is 3. The number of thiocarbonyl (C=S) groups is 1. The van der Waals surface area contributed by atoms with Gasteiger partial charge in [-0.2, -0.15) is 0 Å². The van der Waals surface area contributed by atoms with E-state index in [1.807, 2.05) is 6.92 Å². The van der Waals surface area contributed by atoms with Gasteiger partial charge in [0.25, 0.3) is 0 Å². The lowest BCUT2D eigenvalue weighted by Crippen LogP contribution is -2.42. The van der Waals surface area contributed by atoms with E-state index in [0.717, 1.165) is 25.7 Å². The van der Waals surface area contributed by atoms with Crippen LogP contribution in [0.2, 0.25) is 0 Å². The largest absolute Gasteiger partial charge is 0.479 e. The molecule has 0 heterocycles. The van der Waals surface area contributed by atoms with Gasteiger partial charge in [-0.15, -0.1) is 0 Å².